The first kappa shape index (κ1) is 15.9. The number of ether oxygens (including phenoxy) is 2. The average molecular weight is 286 g/mol. The summed E-state index contributed by atoms with van der Waals surface area (Å²) >= 11 is 1.47. The van der Waals surface area contributed by atoms with Crippen LogP contribution in [-0.4, -0.2) is 37.3 Å². The molecule has 1 atom stereocenters. The summed E-state index contributed by atoms with van der Waals surface area (Å²) in [6.07, 6.45) is 2.07. The molecule has 0 amide bonds. The molecule has 0 saturated heterocycles. The molecule has 1 unspecified atom stereocenters. The Bertz CT molecular complexity index is 401. The van der Waals surface area contributed by atoms with Crippen LogP contribution in [-0.2, 0) is 9.47 Å². The summed E-state index contributed by atoms with van der Waals surface area (Å²) in [5.74, 6) is -0.358. The van der Waals surface area contributed by atoms with Gasteiger partial charge in [0.2, 0.25) is 0 Å². The first-order chi connectivity index (χ1) is 9.12. The van der Waals surface area contributed by atoms with Gasteiger partial charge < -0.3 is 14.8 Å². The average Bonchev–Trinajstić information content (AvgIpc) is 2.71. The number of carbonyl (C=O) groups is 1. The number of carbonyl (C=O) groups excluding carboxylic acids is 1. The monoisotopic (exact) mass is 286 g/mol. The van der Waals surface area contributed by atoms with E-state index in [1.165, 1.54) is 11.3 Å². The first-order valence-electron chi connectivity index (χ1n) is 6.52. The van der Waals surface area contributed by atoms with Crippen molar-refractivity contribution in [3.8, 4) is 0 Å². The molecule has 0 spiro atoms. The molecule has 1 aromatic heterocycles. The van der Waals surface area contributed by atoms with Crippen molar-refractivity contribution in [2.75, 3.05) is 25.6 Å². The molecule has 108 valence electrons. The summed E-state index contributed by atoms with van der Waals surface area (Å²) in [6, 6.07) is 0.218. The van der Waals surface area contributed by atoms with Gasteiger partial charge in [-0.2, -0.15) is 0 Å². The van der Waals surface area contributed by atoms with Crippen LogP contribution in [0.4, 0.5) is 5.13 Å². The smallest absolute Gasteiger partial charge is 0.358 e. The maximum Gasteiger partial charge on any atom is 0.358 e. The summed E-state index contributed by atoms with van der Waals surface area (Å²) in [5.41, 5.74) is 0.405. The molecular weight excluding hydrogens is 264 g/mol. The molecule has 0 aromatic carbocycles. The number of aromatic nitrogens is 1. The molecule has 0 fully saturated rings. The maximum atomic E-state index is 11.7. The van der Waals surface area contributed by atoms with Gasteiger partial charge in [-0.05, 0) is 20.3 Å². The molecule has 0 radical (unpaired) electrons. The SMILES string of the molecule is CCCC(COC)Nc1nc(C(=O)OCC)c(C)s1. The quantitative estimate of drug-likeness (QED) is 0.745. The molecule has 5 nitrogen and oxygen atoms in total. The number of aryl methyl sites for hydroxylation is 1. The van der Waals surface area contributed by atoms with Crippen molar-refractivity contribution in [3.63, 3.8) is 0 Å². The Balaban J connectivity index is 2.73. The van der Waals surface area contributed by atoms with Gasteiger partial charge in [0.1, 0.15) is 0 Å². The second-order valence-corrected chi connectivity index (χ2v) is 5.43. The van der Waals surface area contributed by atoms with Crippen LogP contribution in [0.15, 0.2) is 0 Å². The third-order valence-corrected chi connectivity index (χ3v) is 3.50. The minimum atomic E-state index is -0.358. The largest absolute Gasteiger partial charge is 0.461 e. The predicted octanol–water partition coefficient (Wildman–Crippen LogP) is 2.86. The number of nitrogens with zero attached hydrogens (tertiary/aromatic N) is 1. The Labute approximate surface area is 118 Å². The number of methoxy groups -OCH3 is 1. The predicted molar refractivity (Wildman–Crippen MR) is 77.0 cm³/mol. The van der Waals surface area contributed by atoms with Gasteiger partial charge >= 0.3 is 5.97 Å². The summed E-state index contributed by atoms with van der Waals surface area (Å²) < 4.78 is 10.1. The standard InChI is InChI=1S/C13H22N2O3S/c1-5-7-10(8-17-4)14-13-15-11(9(3)19-13)12(16)18-6-2/h10H,5-8H2,1-4H3,(H,14,15). The van der Waals surface area contributed by atoms with Crippen molar-refractivity contribution in [3.05, 3.63) is 10.6 Å². The van der Waals surface area contributed by atoms with E-state index in [0.29, 0.717) is 18.9 Å². The van der Waals surface area contributed by atoms with Gasteiger partial charge in [0.15, 0.2) is 10.8 Å². The van der Waals surface area contributed by atoms with Crippen LogP contribution in [0.5, 0.6) is 0 Å². The lowest BCUT2D eigenvalue weighted by molar-refractivity contribution is 0.0519. The fourth-order valence-electron chi connectivity index (χ4n) is 1.77. The van der Waals surface area contributed by atoms with Gasteiger partial charge in [0.25, 0.3) is 0 Å². The van der Waals surface area contributed by atoms with E-state index >= 15 is 0 Å². The number of hydrogen-bond acceptors (Lipinski definition) is 6. The molecule has 1 heterocycles. The van der Waals surface area contributed by atoms with Crippen molar-refractivity contribution in [2.24, 2.45) is 0 Å². The van der Waals surface area contributed by atoms with Crippen LogP contribution in [0.25, 0.3) is 0 Å². The van der Waals surface area contributed by atoms with Crippen LogP contribution in [0.1, 0.15) is 42.1 Å². The second-order valence-electron chi connectivity index (χ2n) is 4.23. The Morgan fingerprint density at radius 3 is 2.79 bits per heavy atom. The fourth-order valence-corrected chi connectivity index (χ4v) is 2.65. The van der Waals surface area contributed by atoms with Crippen molar-refractivity contribution < 1.29 is 14.3 Å². The lowest BCUT2D eigenvalue weighted by Gasteiger charge is -2.15. The Morgan fingerprint density at radius 2 is 2.21 bits per heavy atom. The number of rotatable bonds is 8. The number of hydrogen-bond donors (Lipinski definition) is 1. The summed E-state index contributed by atoms with van der Waals surface area (Å²) in [4.78, 5) is 16.9. The summed E-state index contributed by atoms with van der Waals surface area (Å²) in [6.45, 7) is 6.78. The number of esters is 1. The molecule has 6 heteroatoms. The van der Waals surface area contributed by atoms with E-state index in [1.54, 1.807) is 14.0 Å². The van der Waals surface area contributed by atoms with Crippen LogP contribution in [0.3, 0.4) is 0 Å². The zero-order chi connectivity index (χ0) is 14.3. The minimum Gasteiger partial charge on any atom is -0.461 e. The van der Waals surface area contributed by atoms with E-state index in [4.69, 9.17) is 9.47 Å². The molecule has 1 rings (SSSR count). The molecule has 19 heavy (non-hydrogen) atoms. The lowest BCUT2D eigenvalue weighted by Crippen LogP contribution is -2.24. The molecular formula is C13H22N2O3S. The molecule has 0 saturated carbocycles. The van der Waals surface area contributed by atoms with Gasteiger partial charge in [0.05, 0.1) is 19.3 Å². The highest BCUT2D eigenvalue weighted by Gasteiger charge is 2.18. The number of anilines is 1. The zero-order valence-electron chi connectivity index (χ0n) is 12.0. The van der Waals surface area contributed by atoms with Gasteiger partial charge in [-0.1, -0.05) is 13.3 Å². The molecule has 0 aliphatic carbocycles. The second kappa shape index (κ2) is 8.12. The normalized spacial score (nSPS) is 12.2. The van der Waals surface area contributed by atoms with Crippen molar-refractivity contribution >= 4 is 22.4 Å². The van der Waals surface area contributed by atoms with E-state index in [9.17, 15) is 4.79 Å². The Kier molecular flexibility index (Phi) is 6.80. The third-order valence-electron chi connectivity index (χ3n) is 2.60. The fraction of sp³-hybridized carbons (Fsp3) is 0.692. The van der Waals surface area contributed by atoms with Crippen LogP contribution in [0.2, 0.25) is 0 Å². The number of thiazole rings is 1. The highest BCUT2D eigenvalue weighted by Crippen LogP contribution is 2.24. The van der Waals surface area contributed by atoms with Crippen LogP contribution in [0, 0.1) is 6.92 Å². The van der Waals surface area contributed by atoms with Crippen molar-refractivity contribution in [2.45, 2.75) is 39.7 Å². The van der Waals surface area contributed by atoms with E-state index < -0.39 is 0 Å². The van der Waals surface area contributed by atoms with Crippen LogP contribution >= 0.6 is 11.3 Å². The molecule has 1 aromatic rings. The van der Waals surface area contributed by atoms with Crippen LogP contribution < -0.4 is 5.32 Å². The Morgan fingerprint density at radius 1 is 1.47 bits per heavy atom. The zero-order valence-corrected chi connectivity index (χ0v) is 12.8. The molecule has 0 aliphatic heterocycles. The van der Waals surface area contributed by atoms with Crippen molar-refractivity contribution in [1.82, 2.24) is 4.98 Å². The summed E-state index contributed by atoms with van der Waals surface area (Å²) in [7, 11) is 1.68. The van der Waals surface area contributed by atoms with E-state index in [2.05, 4.69) is 17.2 Å². The van der Waals surface area contributed by atoms with Gasteiger partial charge in [0, 0.05) is 12.0 Å². The molecule has 0 bridgehead atoms. The first-order valence-corrected chi connectivity index (χ1v) is 7.34. The number of nitrogens with one attached hydrogen (secondary N) is 1. The third kappa shape index (κ3) is 4.80. The van der Waals surface area contributed by atoms with E-state index in [0.717, 1.165) is 22.9 Å². The van der Waals surface area contributed by atoms with Gasteiger partial charge in [-0.25, -0.2) is 9.78 Å². The maximum absolute atomic E-state index is 11.7. The van der Waals surface area contributed by atoms with Gasteiger partial charge in [-0.3, -0.25) is 0 Å². The highest BCUT2D eigenvalue weighted by atomic mass is 32.1. The minimum absolute atomic E-state index is 0.218. The lowest BCUT2D eigenvalue weighted by atomic mass is 10.2. The topological polar surface area (TPSA) is 60.5 Å². The Hall–Kier alpha value is -1.14. The molecule has 1 N–H and O–H groups in total. The van der Waals surface area contributed by atoms with E-state index in [1.807, 2.05) is 6.92 Å². The van der Waals surface area contributed by atoms with E-state index in [-0.39, 0.29) is 12.0 Å². The van der Waals surface area contributed by atoms with Gasteiger partial charge in [-0.15, -0.1) is 11.3 Å². The highest BCUT2D eigenvalue weighted by molar-refractivity contribution is 7.15. The van der Waals surface area contributed by atoms with Crippen molar-refractivity contribution in [1.29, 1.82) is 0 Å². The molecule has 0 aliphatic rings. The summed E-state index contributed by atoms with van der Waals surface area (Å²) in [5, 5.41) is 4.06.